The summed E-state index contributed by atoms with van der Waals surface area (Å²) in [7, 11) is 1.51. The molecule has 0 aliphatic carbocycles. The third-order valence-electron chi connectivity index (χ3n) is 3.13. The molecule has 0 aromatic heterocycles. The summed E-state index contributed by atoms with van der Waals surface area (Å²) in [5, 5.41) is 0. The van der Waals surface area contributed by atoms with Gasteiger partial charge in [0.2, 0.25) is 0 Å². The molecule has 0 amide bonds. The second kappa shape index (κ2) is 5.60. The summed E-state index contributed by atoms with van der Waals surface area (Å²) in [4.78, 5) is 11.3. The number of benzene rings is 2. The Morgan fingerprint density at radius 2 is 1.57 bits per heavy atom. The van der Waals surface area contributed by atoms with Crippen molar-refractivity contribution in [2.45, 2.75) is 13.1 Å². The number of hydrogen-bond donors (Lipinski definition) is 0. The summed E-state index contributed by atoms with van der Waals surface area (Å²) in [5.41, 5.74) is -0.213. The first kappa shape index (κ1) is 15.1. The minimum atomic E-state index is -4.57. The third-order valence-corrected chi connectivity index (χ3v) is 3.13. The van der Waals surface area contributed by atoms with E-state index in [9.17, 15) is 18.0 Å². The van der Waals surface area contributed by atoms with E-state index in [4.69, 9.17) is 4.74 Å². The Bertz CT molecular complexity index is 658. The number of carbonyl (C=O) groups excluding carboxylic acids is 1. The van der Waals surface area contributed by atoms with Crippen molar-refractivity contribution < 1.29 is 22.7 Å². The SMILES string of the molecule is COc1ccc(-c2ccc(C(C)=O)c(C(F)(F)F)c2)cc1. The van der Waals surface area contributed by atoms with Crippen LogP contribution in [0, 0.1) is 0 Å². The van der Waals surface area contributed by atoms with Gasteiger partial charge in [0.15, 0.2) is 5.78 Å². The zero-order valence-electron chi connectivity index (χ0n) is 11.5. The van der Waals surface area contributed by atoms with Crippen molar-refractivity contribution in [2.75, 3.05) is 7.11 Å². The van der Waals surface area contributed by atoms with Gasteiger partial charge in [0.25, 0.3) is 0 Å². The van der Waals surface area contributed by atoms with E-state index in [2.05, 4.69) is 0 Å². The normalized spacial score (nSPS) is 11.3. The molecule has 0 spiro atoms. The van der Waals surface area contributed by atoms with Gasteiger partial charge in [-0.3, -0.25) is 4.79 Å². The Balaban J connectivity index is 2.53. The van der Waals surface area contributed by atoms with Crippen LogP contribution in [0.5, 0.6) is 5.75 Å². The lowest BCUT2D eigenvalue weighted by Gasteiger charge is -2.13. The van der Waals surface area contributed by atoms with E-state index in [0.29, 0.717) is 16.9 Å². The molecular formula is C16H13F3O2. The van der Waals surface area contributed by atoms with Gasteiger partial charge in [-0.15, -0.1) is 0 Å². The number of methoxy groups -OCH3 is 1. The minimum absolute atomic E-state index is 0.320. The molecule has 2 rings (SSSR count). The van der Waals surface area contributed by atoms with Crippen molar-refractivity contribution in [1.29, 1.82) is 0 Å². The largest absolute Gasteiger partial charge is 0.497 e. The minimum Gasteiger partial charge on any atom is -0.497 e. The van der Waals surface area contributed by atoms with Crippen LogP contribution in [0.4, 0.5) is 13.2 Å². The lowest BCUT2D eigenvalue weighted by molar-refractivity contribution is -0.137. The Morgan fingerprint density at radius 1 is 1.00 bits per heavy atom. The summed E-state index contributed by atoms with van der Waals surface area (Å²) in [6, 6.07) is 10.4. The van der Waals surface area contributed by atoms with Crippen LogP contribution in [0.3, 0.4) is 0 Å². The highest BCUT2D eigenvalue weighted by Gasteiger charge is 2.34. The van der Waals surface area contributed by atoms with Crippen LogP contribution < -0.4 is 4.74 Å². The summed E-state index contributed by atoms with van der Waals surface area (Å²) in [6.45, 7) is 1.12. The molecule has 0 bridgehead atoms. The maximum Gasteiger partial charge on any atom is 0.417 e. The van der Waals surface area contributed by atoms with Crippen molar-refractivity contribution in [3.63, 3.8) is 0 Å². The molecule has 0 heterocycles. The zero-order valence-corrected chi connectivity index (χ0v) is 11.5. The molecule has 0 aliphatic rings. The molecule has 0 aliphatic heterocycles. The van der Waals surface area contributed by atoms with Crippen LogP contribution in [-0.4, -0.2) is 12.9 Å². The fourth-order valence-electron chi connectivity index (χ4n) is 2.05. The van der Waals surface area contributed by atoms with Crippen LogP contribution >= 0.6 is 0 Å². The van der Waals surface area contributed by atoms with Crippen molar-refractivity contribution in [2.24, 2.45) is 0 Å². The van der Waals surface area contributed by atoms with E-state index in [0.717, 1.165) is 13.0 Å². The Kier molecular flexibility index (Phi) is 4.02. The number of rotatable bonds is 3. The summed E-state index contributed by atoms with van der Waals surface area (Å²) < 4.78 is 44.2. The van der Waals surface area contributed by atoms with Crippen LogP contribution in [0.25, 0.3) is 11.1 Å². The number of alkyl halides is 3. The fraction of sp³-hybridized carbons (Fsp3) is 0.188. The second-order valence-corrected chi connectivity index (χ2v) is 4.54. The molecule has 2 aromatic carbocycles. The first-order valence-electron chi connectivity index (χ1n) is 6.19. The van der Waals surface area contributed by atoms with Gasteiger partial charge in [-0.25, -0.2) is 0 Å². The van der Waals surface area contributed by atoms with E-state index in [1.54, 1.807) is 24.3 Å². The molecule has 110 valence electrons. The number of hydrogen-bond acceptors (Lipinski definition) is 2. The molecule has 0 saturated carbocycles. The third kappa shape index (κ3) is 3.24. The van der Waals surface area contributed by atoms with E-state index in [-0.39, 0.29) is 5.56 Å². The first-order chi connectivity index (χ1) is 9.82. The van der Waals surface area contributed by atoms with Crippen LogP contribution in [-0.2, 0) is 6.18 Å². The van der Waals surface area contributed by atoms with Gasteiger partial charge in [0, 0.05) is 5.56 Å². The molecule has 2 nitrogen and oxygen atoms in total. The molecule has 0 fully saturated rings. The molecule has 21 heavy (non-hydrogen) atoms. The average Bonchev–Trinajstić information content (AvgIpc) is 2.45. The lowest BCUT2D eigenvalue weighted by Crippen LogP contribution is -2.11. The molecule has 5 heteroatoms. The van der Waals surface area contributed by atoms with Gasteiger partial charge in [-0.2, -0.15) is 13.2 Å². The van der Waals surface area contributed by atoms with Crippen LogP contribution in [0.15, 0.2) is 42.5 Å². The molecule has 2 aromatic rings. The molecular weight excluding hydrogens is 281 g/mol. The van der Waals surface area contributed by atoms with Gasteiger partial charge in [-0.1, -0.05) is 24.3 Å². The summed E-state index contributed by atoms with van der Waals surface area (Å²) in [6.07, 6.45) is -4.57. The average molecular weight is 294 g/mol. The Morgan fingerprint density at radius 3 is 2.05 bits per heavy atom. The predicted octanol–water partition coefficient (Wildman–Crippen LogP) is 4.58. The van der Waals surface area contributed by atoms with Gasteiger partial charge in [0.1, 0.15) is 5.75 Å². The van der Waals surface area contributed by atoms with Crippen LogP contribution in [0.2, 0.25) is 0 Å². The van der Waals surface area contributed by atoms with Crippen molar-refractivity contribution in [3.05, 3.63) is 53.6 Å². The molecule has 0 atom stereocenters. The monoisotopic (exact) mass is 294 g/mol. The fourth-order valence-corrected chi connectivity index (χ4v) is 2.05. The van der Waals surface area contributed by atoms with Crippen molar-refractivity contribution >= 4 is 5.78 Å². The van der Waals surface area contributed by atoms with E-state index >= 15 is 0 Å². The number of carbonyl (C=O) groups is 1. The Labute approximate surface area is 120 Å². The number of Topliss-reactive ketones (excluding diaryl/α,β-unsaturated/α-hetero) is 1. The Hall–Kier alpha value is -2.30. The number of ether oxygens (including phenoxy) is 1. The smallest absolute Gasteiger partial charge is 0.417 e. The predicted molar refractivity (Wildman–Crippen MR) is 73.4 cm³/mol. The highest BCUT2D eigenvalue weighted by molar-refractivity contribution is 5.96. The number of ketones is 1. The van der Waals surface area contributed by atoms with Gasteiger partial charge < -0.3 is 4.74 Å². The molecule has 0 N–H and O–H groups in total. The van der Waals surface area contributed by atoms with E-state index < -0.39 is 17.5 Å². The molecule has 0 unspecified atom stereocenters. The molecule has 0 saturated heterocycles. The molecule has 0 radical (unpaired) electrons. The lowest BCUT2D eigenvalue weighted by atomic mass is 9.97. The first-order valence-corrected chi connectivity index (χ1v) is 6.19. The quantitative estimate of drug-likeness (QED) is 0.774. The summed E-state index contributed by atoms with van der Waals surface area (Å²) in [5.74, 6) is 0.0127. The van der Waals surface area contributed by atoms with Gasteiger partial charge in [-0.05, 0) is 36.2 Å². The maximum absolute atomic E-state index is 13.1. The van der Waals surface area contributed by atoms with E-state index in [1.165, 1.54) is 19.2 Å². The summed E-state index contributed by atoms with van der Waals surface area (Å²) >= 11 is 0. The van der Waals surface area contributed by atoms with Crippen molar-refractivity contribution in [3.8, 4) is 16.9 Å². The van der Waals surface area contributed by atoms with Crippen LogP contribution in [0.1, 0.15) is 22.8 Å². The van der Waals surface area contributed by atoms with E-state index in [1.807, 2.05) is 0 Å². The standard InChI is InChI=1S/C16H13F3O2/c1-10(20)14-8-5-12(9-15(14)16(17,18)19)11-3-6-13(21-2)7-4-11/h3-9H,1-2H3. The highest BCUT2D eigenvalue weighted by atomic mass is 19.4. The highest BCUT2D eigenvalue weighted by Crippen LogP contribution is 2.35. The topological polar surface area (TPSA) is 26.3 Å². The zero-order chi connectivity index (χ0) is 15.6. The van der Waals surface area contributed by atoms with Gasteiger partial charge in [0.05, 0.1) is 12.7 Å². The number of halogens is 3. The second-order valence-electron chi connectivity index (χ2n) is 4.54. The van der Waals surface area contributed by atoms with Gasteiger partial charge >= 0.3 is 6.18 Å². The van der Waals surface area contributed by atoms with Crippen molar-refractivity contribution in [1.82, 2.24) is 0 Å². The maximum atomic E-state index is 13.1.